The number of phenolic OH excluding ortho intramolecular Hbond substituents is 1. The second-order valence-electron chi connectivity index (χ2n) is 7.95. The summed E-state index contributed by atoms with van der Waals surface area (Å²) < 4.78 is 10.8. The zero-order valence-electron chi connectivity index (χ0n) is 17.2. The number of carboxylic acids is 1. The van der Waals surface area contributed by atoms with E-state index < -0.39 is 23.2 Å². The first-order valence-electron chi connectivity index (χ1n) is 9.39. The van der Waals surface area contributed by atoms with Crippen LogP contribution in [0.3, 0.4) is 0 Å². The summed E-state index contributed by atoms with van der Waals surface area (Å²) in [6.07, 6.45) is 1.01. The van der Waals surface area contributed by atoms with E-state index in [0.29, 0.717) is 35.3 Å². The fraction of sp³-hybridized carbons (Fsp3) is 0.550. The van der Waals surface area contributed by atoms with Crippen molar-refractivity contribution in [1.82, 2.24) is 5.32 Å². The SMILES string of the molecule is CC(C)(C)OC(=O)NCCCCOc1ccc(C2=N[C@@](C)(C(=O)O)CS2)c(O)c1. The van der Waals surface area contributed by atoms with Crippen LogP contribution in [0, 0.1) is 0 Å². The van der Waals surface area contributed by atoms with Crippen molar-refractivity contribution in [1.29, 1.82) is 0 Å². The van der Waals surface area contributed by atoms with Crippen LogP contribution in [0.5, 0.6) is 11.5 Å². The monoisotopic (exact) mass is 424 g/mol. The molecule has 1 amide bonds. The summed E-state index contributed by atoms with van der Waals surface area (Å²) >= 11 is 1.31. The summed E-state index contributed by atoms with van der Waals surface area (Å²) in [5, 5.41) is 22.7. The summed E-state index contributed by atoms with van der Waals surface area (Å²) in [4.78, 5) is 27.1. The Balaban J connectivity index is 1.77. The van der Waals surface area contributed by atoms with Gasteiger partial charge in [0.1, 0.15) is 22.1 Å². The molecule has 0 unspecified atom stereocenters. The topological polar surface area (TPSA) is 117 Å². The quantitative estimate of drug-likeness (QED) is 0.547. The second kappa shape index (κ2) is 9.39. The van der Waals surface area contributed by atoms with E-state index in [1.165, 1.54) is 17.8 Å². The van der Waals surface area contributed by atoms with Gasteiger partial charge in [-0.2, -0.15) is 0 Å². The van der Waals surface area contributed by atoms with Crippen LogP contribution in [0.15, 0.2) is 23.2 Å². The maximum absolute atomic E-state index is 11.5. The van der Waals surface area contributed by atoms with E-state index in [1.807, 2.05) is 20.8 Å². The number of nitrogens with one attached hydrogen (secondary N) is 1. The van der Waals surface area contributed by atoms with Gasteiger partial charge in [0, 0.05) is 23.9 Å². The van der Waals surface area contributed by atoms with Crippen molar-refractivity contribution in [3.8, 4) is 11.5 Å². The van der Waals surface area contributed by atoms with Crippen LogP contribution in [-0.2, 0) is 9.53 Å². The van der Waals surface area contributed by atoms with Crippen LogP contribution >= 0.6 is 11.8 Å². The van der Waals surface area contributed by atoms with Crippen LogP contribution in [-0.4, -0.2) is 57.4 Å². The molecule has 1 aromatic carbocycles. The Kier molecular flexibility index (Phi) is 7.40. The number of thioether (sulfide) groups is 1. The van der Waals surface area contributed by atoms with Gasteiger partial charge in [-0.3, -0.25) is 4.99 Å². The Labute approximate surface area is 174 Å². The molecule has 2 rings (SSSR count). The first-order chi connectivity index (χ1) is 13.5. The standard InChI is InChI=1S/C20H28N2O6S/c1-19(2,3)28-18(26)21-9-5-6-10-27-13-7-8-14(15(23)11-13)16-22-20(4,12-29-16)17(24)25/h7-8,11,23H,5-6,9-10,12H2,1-4H3,(H,21,26)(H,24,25)/t20-/m1/s1. The van der Waals surface area contributed by atoms with Gasteiger partial charge in [0.2, 0.25) is 0 Å². The number of hydrogen-bond donors (Lipinski definition) is 3. The molecule has 1 aliphatic heterocycles. The number of phenols is 1. The van der Waals surface area contributed by atoms with Crippen LogP contribution in [0.2, 0.25) is 0 Å². The maximum Gasteiger partial charge on any atom is 0.407 e. The molecule has 1 heterocycles. The van der Waals surface area contributed by atoms with Crippen LogP contribution in [0.4, 0.5) is 4.79 Å². The number of carbonyl (C=O) groups excluding carboxylic acids is 1. The molecule has 29 heavy (non-hydrogen) atoms. The lowest BCUT2D eigenvalue weighted by Gasteiger charge is -2.19. The molecule has 3 N–H and O–H groups in total. The van der Waals surface area contributed by atoms with E-state index in [0.717, 1.165) is 12.8 Å². The van der Waals surface area contributed by atoms with Crippen molar-refractivity contribution in [2.24, 2.45) is 4.99 Å². The Hall–Kier alpha value is -2.42. The third-order valence-corrected chi connectivity index (χ3v) is 5.30. The lowest BCUT2D eigenvalue weighted by molar-refractivity contribution is -0.141. The van der Waals surface area contributed by atoms with E-state index in [1.54, 1.807) is 19.1 Å². The molecule has 0 saturated carbocycles. The molecule has 0 spiro atoms. The lowest BCUT2D eigenvalue weighted by Crippen LogP contribution is -2.33. The van der Waals surface area contributed by atoms with E-state index in [9.17, 15) is 19.8 Å². The van der Waals surface area contributed by atoms with Gasteiger partial charge in [0.25, 0.3) is 0 Å². The van der Waals surface area contributed by atoms with Gasteiger partial charge < -0.3 is 25.0 Å². The predicted octanol–water partition coefficient (Wildman–Crippen LogP) is 3.41. The highest BCUT2D eigenvalue weighted by molar-refractivity contribution is 8.14. The highest BCUT2D eigenvalue weighted by atomic mass is 32.2. The largest absolute Gasteiger partial charge is 0.507 e. The molecule has 8 nitrogen and oxygen atoms in total. The number of hydrogen-bond acceptors (Lipinski definition) is 7. The number of ether oxygens (including phenoxy) is 2. The van der Waals surface area contributed by atoms with Gasteiger partial charge in [0.05, 0.1) is 6.61 Å². The van der Waals surface area contributed by atoms with Gasteiger partial charge in [0.15, 0.2) is 5.54 Å². The molecule has 0 radical (unpaired) electrons. The number of amides is 1. The normalized spacial score (nSPS) is 18.8. The molecule has 1 aliphatic rings. The smallest absolute Gasteiger partial charge is 0.407 e. The van der Waals surface area contributed by atoms with Crippen molar-refractivity contribution >= 4 is 28.9 Å². The van der Waals surface area contributed by atoms with Gasteiger partial charge in [-0.25, -0.2) is 9.59 Å². The van der Waals surface area contributed by atoms with E-state index >= 15 is 0 Å². The van der Waals surface area contributed by atoms with Crippen molar-refractivity contribution in [2.75, 3.05) is 18.9 Å². The van der Waals surface area contributed by atoms with E-state index in [-0.39, 0.29) is 5.75 Å². The number of unbranched alkanes of at least 4 members (excludes halogenated alkanes) is 1. The third-order valence-electron chi connectivity index (χ3n) is 4.01. The number of benzene rings is 1. The first kappa shape index (κ1) is 22.9. The minimum atomic E-state index is -1.17. The molecule has 160 valence electrons. The summed E-state index contributed by atoms with van der Waals surface area (Å²) in [6, 6.07) is 4.88. The van der Waals surface area contributed by atoms with Crippen LogP contribution in [0.25, 0.3) is 0 Å². The van der Waals surface area contributed by atoms with Crippen molar-refractivity contribution in [3.63, 3.8) is 0 Å². The van der Waals surface area contributed by atoms with Crippen LogP contribution in [0.1, 0.15) is 46.1 Å². The van der Waals surface area contributed by atoms with Crippen molar-refractivity contribution in [2.45, 2.75) is 51.7 Å². The summed E-state index contributed by atoms with van der Waals surface area (Å²) in [5.74, 6) is -0.154. The number of nitrogens with zero attached hydrogens (tertiary/aromatic N) is 1. The molecule has 0 aliphatic carbocycles. The molecule has 0 aromatic heterocycles. The zero-order valence-corrected chi connectivity index (χ0v) is 18.0. The highest BCUT2D eigenvalue weighted by Crippen LogP contribution is 2.35. The number of aromatic hydroxyl groups is 1. The predicted molar refractivity (Wildman–Crippen MR) is 112 cm³/mol. The van der Waals surface area contributed by atoms with E-state index in [2.05, 4.69) is 10.3 Å². The first-order valence-corrected chi connectivity index (χ1v) is 10.4. The molecule has 0 bridgehead atoms. The van der Waals surface area contributed by atoms with Crippen molar-refractivity contribution in [3.05, 3.63) is 23.8 Å². The third kappa shape index (κ3) is 6.85. The van der Waals surface area contributed by atoms with Crippen molar-refractivity contribution < 1.29 is 29.3 Å². The van der Waals surface area contributed by atoms with Gasteiger partial charge in [-0.15, -0.1) is 11.8 Å². The molecule has 9 heteroatoms. The second-order valence-corrected chi connectivity index (χ2v) is 8.91. The fourth-order valence-corrected chi connectivity index (χ4v) is 3.65. The van der Waals surface area contributed by atoms with Gasteiger partial charge >= 0.3 is 12.1 Å². The average Bonchev–Trinajstić information content (AvgIpc) is 3.00. The number of carbonyl (C=O) groups is 2. The molecular weight excluding hydrogens is 396 g/mol. The lowest BCUT2D eigenvalue weighted by atomic mass is 10.1. The van der Waals surface area contributed by atoms with Gasteiger partial charge in [-0.05, 0) is 52.7 Å². The molecular formula is C20H28N2O6S. The molecule has 1 atom stereocenters. The number of alkyl carbamates (subject to hydrolysis) is 1. The minimum Gasteiger partial charge on any atom is -0.507 e. The summed E-state index contributed by atoms with van der Waals surface area (Å²) in [7, 11) is 0. The Morgan fingerprint density at radius 1 is 1.31 bits per heavy atom. The molecule has 0 fully saturated rings. The Bertz CT molecular complexity index is 790. The summed E-state index contributed by atoms with van der Waals surface area (Å²) in [6.45, 7) is 7.91. The number of aliphatic imine (C=N–C) groups is 1. The number of rotatable bonds is 8. The Morgan fingerprint density at radius 3 is 2.62 bits per heavy atom. The molecule has 0 saturated heterocycles. The molecule has 1 aromatic rings. The maximum atomic E-state index is 11.5. The van der Waals surface area contributed by atoms with Crippen LogP contribution < -0.4 is 10.1 Å². The van der Waals surface area contributed by atoms with E-state index in [4.69, 9.17) is 9.47 Å². The highest BCUT2D eigenvalue weighted by Gasteiger charge is 2.39. The number of carboxylic acid groups (broad SMARTS) is 1. The Morgan fingerprint density at radius 2 is 2.03 bits per heavy atom. The minimum absolute atomic E-state index is 0.00465. The summed E-state index contributed by atoms with van der Waals surface area (Å²) in [5.41, 5.74) is -1.20. The van der Waals surface area contributed by atoms with Gasteiger partial charge in [-0.1, -0.05) is 0 Å². The zero-order chi connectivity index (χ0) is 21.7. The number of aliphatic carboxylic acids is 1. The average molecular weight is 425 g/mol. The fourth-order valence-electron chi connectivity index (χ4n) is 2.45.